The predicted molar refractivity (Wildman–Crippen MR) is 87.1 cm³/mol. The number of aliphatic hydroxyl groups is 1. The Labute approximate surface area is 138 Å². The molecule has 2 nitrogen and oxygen atoms in total. The molecule has 0 aliphatic heterocycles. The molecule has 0 bridgehead atoms. The Bertz CT molecular complexity index is 306. The van der Waals surface area contributed by atoms with Gasteiger partial charge in [-0.1, -0.05) is 63.7 Å². The van der Waals surface area contributed by atoms with Crippen molar-refractivity contribution in [1.29, 1.82) is 0 Å². The van der Waals surface area contributed by atoms with E-state index in [2.05, 4.69) is 5.92 Å². The number of aliphatic hydroxyl groups excluding tert-OH is 1. The second kappa shape index (κ2) is 16.1. The van der Waals surface area contributed by atoms with E-state index in [1.165, 1.54) is 50.9 Å². The third kappa shape index (κ3) is 21.3. The summed E-state index contributed by atoms with van der Waals surface area (Å²) < 4.78 is 40.5. The van der Waals surface area contributed by atoms with Crippen molar-refractivity contribution in [1.82, 2.24) is 0 Å². The molecule has 0 atom stereocenters. The highest BCUT2D eigenvalue weighted by Gasteiger charge is 2.22. The maximum Gasteiger partial charge on any atom is 0.457 e. The Hall–Kier alpha value is -0.730. The summed E-state index contributed by atoms with van der Waals surface area (Å²) in [5.41, 5.74) is 0. The molecule has 0 unspecified atom stereocenters. The molecule has 0 rings (SSSR count). The van der Waals surface area contributed by atoms with Crippen LogP contribution in [-0.2, 0) is 4.74 Å². The number of unbranched alkanes of at least 4 members (excludes halogenated alkanes) is 11. The standard InChI is InChI=1S/C18H31F3O2/c19-18(20,21)14-12-10-8-6-4-2-1-3-5-7-9-11-13-16-23-17-15-22/h22H,1-11,13,15-17H2. The molecule has 0 aromatic rings. The molecular weight excluding hydrogens is 305 g/mol. The fraction of sp³-hybridized carbons (Fsp3) is 0.889. The third-order valence-electron chi connectivity index (χ3n) is 3.56. The van der Waals surface area contributed by atoms with Gasteiger partial charge in [0, 0.05) is 18.9 Å². The fourth-order valence-corrected chi connectivity index (χ4v) is 2.34. The summed E-state index contributed by atoms with van der Waals surface area (Å²) in [6, 6.07) is 0. The smallest absolute Gasteiger partial charge is 0.394 e. The van der Waals surface area contributed by atoms with Crippen LogP contribution in [0.15, 0.2) is 0 Å². The lowest BCUT2D eigenvalue weighted by Crippen LogP contribution is -2.01. The first-order valence-electron chi connectivity index (χ1n) is 8.81. The summed E-state index contributed by atoms with van der Waals surface area (Å²) >= 11 is 0. The molecular formula is C18H31F3O2. The Kier molecular flexibility index (Phi) is 15.6. The van der Waals surface area contributed by atoms with E-state index < -0.39 is 6.18 Å². The van der Waals surface area contributed by atoms with Gasteiger partial charge in [-0.2, -0.15) is 13.2 Å². The van der Waals surface area contributed by atoms with Crippen molar-refractivity contribution < 1.29 is 23.0 Å². The van der Waals surface area contributed by atoms with Gasteiger partial charge in [-0.05, 0) is 12.8 Å². The molecule has 0 heterocycles. The normalized spacial score (nSPS) is 11.3. The van der Waals surface area contributed by atoms with Gasteiger partial charge in [0.2, 0.25) is 0 Å². The number of alkyl halides is 3. The average Bonchev–Trinajstić information content (AvgIpc) is 2.49. The molecule has 136 valence electrons. The zero-order chi connectivity index (χ0) is 17.2. The van der Waals surface area contributed by atoms with Crippen LogP contribution in [0, 0.1) is 11.8 Å². The molecule has 0 saturated heterocycles. The molecule has 5 heteroatoms. The van der Waals surface area contributed by atoms with Crippen molar-refractivity contribution >= 4 is 0 Å². The van der Waals surface area contributed by atoms with Crippen molar-refractivity contribution in [3.63, 3.8) is 0 Å². The molecule has 0 saturated carbocycles. The van der Waals surface area contributed by atoms with Gasteiger partial charge in [0.05, 0.1) is 13.2 Å². The second-order valence-electron chi connectivity index (χ2n) is 5.77. The van der Waals surface area contributed by atoms with Crippen LogP contribution in [-0.4, -0.2) is 31.1 Å². The molecule has 0 radical (unpaired) electrons. The van der Waals surface area contributed by atoms with Crippen LogP contribution in [0.25, 0.3) is 0 Å². The van der Waals surface area contributed by atoms with Crippen LogP contribution in [0.2, 0.25) is 0 Å². The van der Waals surface area contributed by atoms with Gasteiger partial charge in [-0.15, -0.1) is 0 Å². The average molecular weight is 336 g/mol. The summed E-state index contributed by atoms with van der Waals surface area (Å²) in [6.07, 6.45) is 8.47. The molecule has 0 aromatic carbocycles. The Morgan fingerprint density at radius 2 is 1.17 bits per heavy atom. The van der Waals surface area contributed by atoms with E-state index in [-0.39, 0.29) is 6.61 Å². The van der Waals surface area contributed by atoms with Crippen LogP contribution >= 0.6 is 0 Å². The topological polar surface area (TPSA) is 29.5 Å². The molecule has 0 aromatic heterocycles. The van der Waals surface area contributed by atoms with E-state index in [4.69, 9.17) is 9.84 Å². The highest BCUT2D eigenvalue weighted by molar-refractivity contribution is 5.04. The number of hydrogen-bond donors (Lipinski definition) is 1. The first-order valence-corrected chi connectivity index (χ1v) is 8.81. The Morgan fingerprint density at radius 3 is 1.65 bits per heavy atom. The lowest BCUT2D eigenvalue weighted by atomic mass is 10.1. The van der Waals surface area contributed by atoms with E-state index >= 15 is 0 Å². The molecule has 1 N–H and O–H groups in total. The lowest BCUT2D eigenvalue weighted by Gasteiger charge is -2.03. The highest BCUT2D eigenvalue weighted by Crippen LogP contribution is 2.13. The van der Waals surface area contributed by atoms with E-state index in [0.29, 0.717) is 13.0 Å². The van der Waals surface area contributed by atoms with Crippen molar-refractivity contribution in [3.05, 3.63) is 0 Å². The summed E-state index contributed by atoms with van der Waals surface area (Å²) in [5, 5.41) is 8.54. The molecule has 0 spiro atoms. The van der Waals surface area contributed by atoms with Gasteiger partial charge in [0.1, 0.15) is 0 Å². The van der Waals surface area contributed by atoms with Crippen LogP contribution in [0.4, 0.5) is 13.2 Å². The summed E-state index contributed by atoms with van der Waals surface area (Å²) in [6.45, 7) is 1.28. The number of halogens is 3. The summed E-state index contributed by atoms with van der Waals surface area (Å²) in [5.74, 6) is 3.48. The summed E-state index contributed by atoms with van der Waals surface area (Å²) in [4.78, 5) is 0. The number of rotatable bonds is 15. The van der Waals surface area contributed by atoms with E-state index in [9.17, 15) is 13.2 Å². The third-order valence-corrected chi connectivity index (χ3v) is 3.56. The zero-order valence-corrected chi connectivity index (χ0v) is 14.1. The molecule has 0 aliphatic rings. The van der Waals surface area contributed by atoms with Crippen molar-refractivity contribution in [2.24, 2.45) is 0 Å². The minimum absolute atomic E-state index is 0.0982. The Morgan fingerprint density at radius 1 is 0.696 bits per heavy atom. The van der Waals surface area contributed by atoms with Gasteiger partial charge in [0.25, 0.3) is 0 Å². The maximum absolute atomic E-state index is 11.8. The molecule has 0 fully saturated rings. The van der Waals surface area contributed by atoms with Crippen LogP contribution < -0.4 is 0 Å². The van der Waals surface area contributed by atoms with Crippen molar-refractivity contribution in [3.8, 4) is 11.8 Å². The largest absolute Gasteiger partial charge is 0.457 e. The fourth-order valence-electron chi connectivity index (χ4n) is 2.34. The van der Waals surface area contributed by atoms with Gasteiger partial charge >= 0.3 is 6.18 Å². The van der Waals surface area contributed by atoms with Crippen LogP contribution in [0.5, 0.6) is 0 Å². The number of hydrogen-bond acceptors (Lipinski definition) is 2. The minimum Gasteiger partial charge on any atom is -0.394 e. The van der Waals surface area contributed by atoms with Crippen LogP contribution in [0.3, 0.4) is 0 Å². The monoisotopic (exact) mass is 336 g/mol. The van der Waals surface area contributed by atoms with E-state index in [1.807, 2.05) is 0 Å². The SMILES string of the molecule is OCCOCCCCCCCCCCCCCC#CC(F)(F)F. The first-order chi connectivity index (χ1) is 11.1. The van der Waals surface area contributed by atoms with Gasteiger partial charge in [-0.25, -0.2) is 0 Å². The van der Waals surface area contributed by atoms with E-state index in [1.54, 1.807) is 0 Å². The van der Waals surface area contributed by atoms with E-state index in [0.717, 1.165) is 32.3 Å². The Balaban J connectivity index is 3.09. The number of ether oxygens (including phenoxy) is 1. The van der Waals surface area contributed by atoms with Crippen molar-refractivity contribution in [2.45, 2.75) is 83.2 Å². The zero-order valence-electron chi connectivity index (χ0n) is 14.1. The molecule has 23 heavy (non-hydrogen) atoms. The van der Waals surface area contributed by atoms with Gasteiger partial charge in [-0.3, -0.25) is 0 Å². The predicted octanol–water partition coefficient (Wildman–Crippen LogP) is 5.24. The molecule has 0 aliphatic carbocycles. The highest BCUT2D eigenvalue weighted by atomic mass is 19.4. The first kappa shape index (κ1) is 22.3. The summed E-state index contributed by atoms with van der Waals surface area (Å²) in [7, 11) is 0. The molecule has 0 amide bonds. The minimum atomic E-state index is -4.34. The lowest BCUT2D eigenvalue weighted by molar-refractivity contribution is -0.0697. The van der Waals surface area contributed by atoms with Crippen LogP contribution in [0.1, 0.15) is 77.0 Å². The van der Waals surface area contributed by atoms with Gasteiger partial charge < -0.3 is 9.84 Å². The quantitative estimate of drug-likeness (QED) is 0.327. The van der Waals surface area contributed by atoms with Crippen molar-refractivity contribution in [2.75, 3.05) is 19.8 Å². The second-order valence-corrected chi connectivity index (χ2v) is 5.77. The van der Waals surface area contributed by atoms with Gasteiger partial charge in [0.15, 0.2) is 0 Å². The maximum atomic E-state index is 11.8.